The van der Waals surface area contributed by atoms with Gasteiger partial charge < -0.3 is 10.6 Å². The van der Waals surface area contributed by atoms with Crippen LogP contribution in [0, 0.1) is 6.92 Å². The highest BCUT2D eigenvalue weighted by atomic mass is 19.4. The molecule has 0 saturated carbocycles. The van der Waals surface area contributed by atoms with Crippen molar-refractivity contribution >= 4 is 11.6 Å². The number of carbonyl (C=O) groups excluding carboxylic acids is 1. The van der Waals surface area contributed by atoms with E-state index in [2.05, 4.69) is 0 Å². The Bertz CT molecular complexity index is 723. The molecule has 0 unspecified atom stereocenters. The number of rotatable bonds is 2. The molecule has 120 valence electrons. The lowest BCUT2D eigenvalue weighted by Gasteiger charge is -2.45. The Labute approximate surface area is 131 Å². The molecule has 1 aliphatic rings. The van der Waals surface area contributed by atoms with Crippen molar-refractivity contribution in [1.29, 1.82) is 0 Å². The van der Waals surface area contributed by atoms with Crippen molar-refractivity contribution in [2.75, 3.05) is 4.90 Å². The maximum atomic E-state index is 12.6. The molecule has 0 aliphatic carbocycles. The largest absolute Gasteiger partial charge is 0.416 e. The fourth-order valence-corrected chi connectivity index (χ4v) is 2.73. The standard InChI is InChI=1S/C17H15F3N2O/c1-10-2-4-11(5-3-10)15-14(21)16(23)22(15)13-8-6-12(7-9-13)17(18,19)20/h2-9,14-15H,21H2,1H3/t14-,15-/m1/s1. The molecule has 0 spiro atoms. The van der Waals surface area contributed by atoms with Crippen LogP contribution in [-0.2, 0) is 11.0 Å². The van der Waals surface area contributed by atoms with Gasteiger partial charge in [0, 0.05) is 5.69 Å². The summed E-state index contributed by atoms with van der Waals surface area (Å²) in [4.78, 5) is 13.5. The topological polar surface area (TPSA) is 46.3 Å². The predicted octanol–water partition coefficient (Wildman–Crippen LogP) is 3.43. The summed E-state index contributed by atoms with van der Waals surface area (Å²) in [5.41, 5.74) is 7.50. The van der Waals surface area contributed by atoms with Crippen molar-refractivity contribution in [3.8, 4) is 0 Å². The van der Waals surface area contributed by atoms with E-state index in [0.717, 1.165) is 23.3 Å². The first kappa shape index (κ1) is 15.6. The summed E-state index contributed by atoms with van der Waals surface area (Å²) in [6.07, 6.45) is -4.40. The van der Waals surface area contributed by atoms with Gasteiger partial charge in [0.1, 0.15) is 6.04 Å². The van der Waals surface area contributed by atoms with Crippen molar-refractivity contribution in [3.63, 3.8) is 0 Å². The number of hydrogen-bond donors (Lipinski definition) is 1. The van der Waals surface area contributed by atoms with Crippen LogP contribution in [-0.4, -0.2) is 11.9 Å². The number of anilines is 1. The third kappa shape index (κ3) is 2.70. The van der Waals surface area contributed by atoms with Gasteiger partial charge in [-0.25, -0.2) is 0 Å². The predicted molar refractivity (Wildman–Crippen MR) is 80.8 cm³/mol. The van der Waals surface area contributed by atoms with Crippen LogP contribution in [0.15, 0.2) is 48.5 Å². The van der Waals surface area contributed by atoms with Crippen molar-refractivity contribution in [3.05, 3.63) is 65.2 Å². The Hall–Kier alpha value is -2.34. The molecule has 6 heteroatoms. The average Bonchev–Trinajstić information content (AvgIpc) is 2.52. The van der Waals surface area contributed by atoms with E-state index in [-0.39, 0.29) is 11.9 Å². The Morgan fingerprint density at radius 3 is 2.09 bits per heavy atom. The lowest BCUT2D eigenvalue weighted by Crippen LogP contribution is -2.63. The van der Waals surface area contributed by atoms with Gasteiger partial charge >= 0.3 is 6.18 Å². The second kappa shape index (κ2) is 5.38. The number of β-lactam (4-membered cyclic amide) rings is 1. The van der Waals surface area contributed by atoms with Gasteiger partial charge in [-0.2, -0.15) is 13.2 Å². The molecule has 0 aromatic heterocycles. The van der Waals surface area contributed by atoms with Crippen molar-refractivity contribution in [2.24, 2.45) is 5.73 Å². The van der Waals surface area contributed by atoms with E-state index in [1.54, 1.807) is 0 Å². The number of amides is 1. The van der Waals surface area contributed by atoms with Gasteiger partial charge in [0.25, 0.3) is 0 Å². The monoisotopic (exact) mass is 320 g/mol. The second-order valence-electron chi connectivity index (χ2n) is 5.63. The normalized spacial score (nSPS) is 21.3. The first-order valence-electron chi connectivity index (χ1n) is 7.11. The molecule has 1 heterocycles. The molecule has 0 radical (unpaired) electrons. The molecule has 1 saturated heterocycles. The highest BCUT2D eigenvalue weighted by Gasteiger charge is 2.46. The van der Waals surface area contributed by atoms with Crippen LogP contribution in [0.5, 0.6) is 0 Å². The molecule has 2 aromatic rings. The van der Waals surface area contributed by atoms with Gasteiger partial charge in [0.05, 0.1) is 11.6 Å². The summed E-state index contributed by atoms with van der Waals surface area (Å²) in [5, 5.41) is 0. The minimum absolute atomic E-state index is 0.296. The fourth-order valence-electron chi connectivity index (χ4n) is 2.73. The summed E-state index contributed by atoms with van der Waals surface area (Å²) >= 11 is 0. The molecule has 1 fully saturated rings. The van der Waals surface area contributed by atoms with E-state index in [0.29, 0.717) is 5.69 Å². The highest BCUT2D eigenvalue weighted by molar-refractivity contribution is 6.05. The van der Waals surface area contributed by atoms with Gasteiger partial charge in [-0.3, -0.25) is 4.79 Å². The number of aryl methyl sites for hydroxylation is 1. The van der Waals surface area contributed by atoms with Crippen LogP contribution < -0.4 is 10.6 Å². The van der Waals surface area contributed by atoms with Crippen LogP contribution in [0.25, 0.3) is 0 Å². The minimum Gasteiger partial charge on any atom is -0.318 e. The Kier molecular flexibility index (Phi) is 3.64. The molecular formula is C17H15F3N2O. The zero-order valence-electron chi connectivity index (χ0n) is 12.3. The van der Waals surface area contributed by atoms with Gasteiger partial charge in [0.15, 0.2) is 0 Å². The maximum Gasteiger partial charge on any atom is 0.416 e. The summed E-state index contributed by atoms with van der Waals surface area (Å²) in [5.74, 6) is -0.296. The van der Waals surface area contributed by atoms with Gasteiger partial charge in [-0.05, 0) is 36.8 Å². The smallest absolute Gasteiger partial charge is 0.318 e. The van der Waals surface area contributed by atoms with Gasteiger partial charge in [-0.15, -0.1) is 0 Å². The molecule has 23 heavy (non-hydrogen) atoms. The zero-order chi connectivity index (χ0) is 16.8. The number of nitrogens with two attached hydrogens (primary N) is 1. The number of nitrogens with zero attached hydrogens (tertiary/aromatic N) is 1. The number of hydrogen-bond acceptors (Lipinski definition) is 2. The summed E-state index contributed by atoms with van der Waals surface area (Å²) < 4.78 is 37.9. The van der Waals surface area contributed by atoms with Gasteiger partial charge in [-0.1, -0.05) is 29.8 Å². The Balaban J connectivity index is 1.91. The summed E-state index contributed by atoms with van der Waals surface area (Å²) in [7, 11) is 0. The number of halogens is 3. The number of alkyl halides is 3. The molecule has 3 nitrogen and oxygen atoms in total. The van der Waals surface area contributed by atoms with Crippen LogP contribution in [0.2, 0.25) is 0 Å². The molecule has 1 amide bonds. The van der Waals surface area contributed by atoms with Crippen LogP contribution >= 0.6 is 0 Å². The SMILES string of the molecule is Cc1ccc([C@@H]2[C@@H](N)C(=O)N2c2ccc(C(F)(F)F)cc2)cc1. The van der Waals surface area contributed by atoms with Crippen LogP contribution in [0.1, 0.15) is 22.7 Å². The van der Waals surface area contributed by atoms with E-state index in [1.807, 2.05) is 31.2 Å². The second-order valence-corrected chi connectivity index (χ2v) is 5.63. The van der Waals surface area contributed by atoms with E-state index >= 15 is 0 Å². The van der Waals surface area contributed by atoms with Crippen molar-refractivity contribution in [1.82, 2.24) is 0 Å². The van der Waals surface area contributed by atoms with Gasteiger partial charge in [0.2, 0.25) is 5.91 Å². The number of carbonyl (C=O) groups is 1. The fraction of sp³-hybridized carbons (Fsp3) is 0.235. The zero-order valence-corrected chi connectivity index (χ0v) is 12.3. The molecule has 2 aromatic carbocycles. The Morgan fingerprint density at radius 1 is 1.00 bits per heavy atom. The average molecular weight is 320 g/mol. The van der Waals surface area contributed by atoms with Crippen LogP contribution in [0.3, 0.4) is 0 Å². The van der Waals surface area contributed by atoms with E-state index in [9.17, 15) is 18.0 Å². The first-order valence-corrected chi connectivity index (χ1v) is 7.11. The molecular weight excluding hydrogens is 305 g/mol. The first-order chi connectivity index (χ1) is 10.8. The lowest BCUT2D eigenvalue weighted by molar-refractivity contribution is -0.137. The van der Waals surface area contributed by atoms with E-state index in [4.69, 9.17) is 5.73 Å². The third-order valence-corrected chi connectivity index (χ3v) is 4.03. The third-order valence-electron chi connectivity index (χ3n) is 4.03. The molecule has 0 bridgehead atoms. The van der Waals surface area contributed by atoms with Crippen molar-refractivity contribution < 1.29 is 18.0 Å². The quantitative estimate of drug-likeness (QED) is 0.862. The molecule has 2 atom stereocenters. The summed E-state index contributed by atoms with van der Waals surface area (Å²) in [6.45, 7) is 1.95. The molecule has 1 aliphatic heterocycles. The highest BCUT2D eigenvalue weighted by Crippen LogP contribution is 2.39. The molecule has 2 N–H and O–H groups in total. The lowest BCUT2D eigenvalue weighted by atomic mass is 9.88. The minimum atomic E-state index is -4.40. The Morgan fingerprint density at radius 2 is 1.57 bits per heavy atom. The number of benzene rings is 2. The van der Waals surface area contributed by atoms with Crippen LogP contribution in [0.4, 0.5) is 18.9 Å². The van der Waals surface area contributed by atoms with E-state index in [1.165, 1.54) is 17.0 Å². The maximum absolute atomic E-state index is 12.6. The van der Waals surface area contributed by atoms with Crippen molar-refractivity contribution in [2.45, 2.75) is 25.2 Å². The van der Waals surface area contributed by atoms with E-state index < -0.39 is 17.8 Å². The molecule has 3 rings (SSSR count). The summed E-state index contributed by atoms with van der Waals surface area (Å²) in [6, 6.07) is 11.1.